The Kier molecular flexibility index (Phi) is 3.93. The minimum atomic E-state index is 0.513. The van der Waals surface area contributed by atoms with Crippen molar-refractivity contribution in [1.29, 1.82) is 0 Å². The molecular weight excluding hydrogens is 208 g/mol. The molecule has 1 saturated heterocycles. The van der Waals surface area contributed by atoms with Crippen molar-refractivity contribution in [2.75, 3.05) is 23.3 Å². The molecule has 0 aliphatic carbocycles. The molecule has 0 bridgehead atoms. The Hall–Kier alpha value is -1.18. The van der Waals surface area contributed by atoms with Crippen LogP contribution in [0.3, 0.4) is 0 Å². The highest BCUT2D eigenvalue weighted by atomic mass is 15.2. The van der Waals surface area contributed by atoms with Gasteiger partial charge in [-0.05, 0) is 37.8 Å². The maximum absolute atomic E-state index is 3.65. The molecule has 1 aliphatic rings. The van der Waals surface area contributed by atoms with Crippen LogP contribution in [0.1, 0.15) is 33.6 Å². The predicted octanol–water partition coefficient (Wildman–Crippen LogP) is 3.74. The first-order valence-corrected chi connectivity index (χ1v) is 6.79. The standard InChI is InChI=1S/C15H24N2/c1-12(2)13(3)16-14-8-4-5-9-15(14)17-10-6-7-11-17/h4-5,8-9,12-13,16H,6-7,10-11H2,1-3H3. The summed E-state index contributed by atoms with van der Waals surface area (Å²) in [5.74, 6) is 0.654. The minimum absolute atomic E-state index is 0.513. The summed E-state index contributed by atoms with van der Waals surface area (Å²) < 4.78 is 0. The highest BCUT2D eigenvalue weighted by molar-refractivity contribution is 5.70. The van der Waals surface area contributed by atoms with Gasteiger partial charge in [-0.25, -0.2) is 0 Å². The molecule has 1 fully saturated rings. The van der Waals surface area contributed by atoms with Crippen LogP contribution in [0.5, 0.6) is 0 Å². The van der Waals surface area contributed by atoms with Crippen molar-refractivity contribution in [2.24, 2.45) is 5.92 Å². The van der Waals surface area contributed by atoms with Crippen LogP contribution in [0.15, 0.2) is 24.3 Å². The van der Waals surface area contributed by atoms with E-state index >= 15 is 0 Å². The quantitative estimate of drug-likeness (QED) is 0.850. The van der Waals surface area contributed by atoms with E-state index in [1.165, 1.54) is 37.3 Å². The van der Waals surface area contributed by atoms with E-state index in [1.54, 1.807) is 0 Å². The molecule has 0 saturated carbocycles. The third-order valence-corrected chi connectivity index (χ3v) is 3.73. The fourth-order valence-electron chi connectivity index (χ4n) is 2.24. The lowest BCUT2D eigenvalue weighted by molar-refractivity contribution is 0.560. The van der Waals surface area contributed by atoms with Gasteiger partial charge < -0.3 is 10.2 Å². The lowest BCUT2D eigenvalue weighted by Crippen LogP contribution is -2.24. The van der Waals surface area contributed by atoms with Crippen LogP contribution in [0.2, 0.25) is 0 Å². The number of rotatable bonds is 4. The maximum atomic E-state index is 3.65. The molecule has 1 aromatic rings. The molecule has 1 N–H and O–H groups in total. The van der Waals surface area contributed by atoms with E-state index in [0.29, 0.717) is 12.0 Å². The number of hydrogen-bond acceptors (Lipinski definition) is 2. The van der Waals surface area contributed by atoms with Crippen molar-refractivity contribution in [3.05, 3.63) is 24.3 Å². The zero-order valence-corrected chi connectivity index (χ0v) is 11.2. The summed E-state index contributed by atoms with van der Waals surface area (Å²) in [6.45, 7) is 9.18. The van der Waals surface area contributed by atoms with Gasteiger partial charge in [0, 0.05) is 19.1 Å². The van der Waals surface area contributed by atoms with Gasteiger partial charge in [0.2, 0.25) is 0 Å². The molecule has 0 spiro atoms. The van der Waals surface area contributed by atoms with Crippen molar-refractivity contribution in [3.63, 3.8) is 0 Å². The van der Waals surface area contributed by atoms with Crippen LogP contribution >= 0.6 is 0 Å². The SMILES string of the molecule is CC(C)C(C)Nc1ccccc1N1CCCC1. The highest BCUT2D eigenvalue weighted by Crippen LogP contribution is 2.29. The van der Waals surface area contributed by atoms with E-state index in [1.807, 2.05) is 0 Å². The summed E-state index contributed by atoms with van der Waals surface area (Å²) in [5, 5.41) is 3.65. The van der Waals surface area contributed by atoms with Crippen molar-refractivity contribution in [1.82, 2.24) is 0 Å². The number of para-hydroxylation sites is 2. The lowest BCUT2D eigenvalue weighted by Gasteiger charge is -2.25. The summed E-state index contributed by atoms with van der Waals surface area (Å²) in [7, 11) is 0. The molecule has 0 amide bonds. The van der Waals surface area contributed by atoms with E-state index in [9.17, 15) is 0 Å². The molecule has 1 unspecified atom stereocenters. The number of hydrogen-bond donors (Lipinski definition) is 1. The minimum Gasteiger partial charge on any atom is -0.381 e. The van der Waals surface area contributed by atoms with Gasteiger partial charge in [-0.15, -0.1) is 0 Å². The largest absolute Gasteiger partial charge is 0.381 e. The molecule has 1 aromatic carbocycles. The first-order valence-electron chi connectivity index (χ1n) is 6.79. The van der Waals surface area contributed by atoms with E-state index in [0.717, 1.165) is 0 Å². The first-order chi connectivity index (χ1) is 8.18. The normalized spacial score (nSPS) is 17.5. The fraction of sp³-hybridized carbons (Fsp3) is 0.600. The Bertz CT molecular complexity index is 354. The Balaban J connectivity index is 2.15. The molecule has 94 valence electrons. The van der Waals surface area contributed by atoms with E-state index in [4.69, 9.17) is 0 Å². The zero-order valence-electron chi connectivity index (χ0n) is 11.2. The molecule has 2 heteroatoms. The zero-order chi connectivity index (χ0) is 12.3. The fourth-order valence-corrected chi connectivity index (χ4v) is 2.24. The average molecular weight is 232 g/mol. The van der Waals surface area contributed by atoms with Crippen LogP contribution in [-0.4, -0.2) is 19.1 Å². The lowest BCUT2D eigenvalue weighted by atomic mass is 10.1. The second kappa shape index (κ2) is 5.44. The molecule has 17 heavy (non-hydrogen) atoms. The molecule has 1 atom stereocenters. The molecule has 1 aliphatic heterocycles. The summed E-state index contributed by atoms with van der Waals surface area (Å²) >= 11 is 0. The Labute approximate surface area is 105 Å². The van der Waals surface area contributed by atoms with Crippen LogP contribution in [0, 0.1) is 5.92 Å². The third-order valence-electron chi connectivity index (χ3n) is 3.73. The van der Waals surface area contributed by atoms with Gasteiger partial charge in [0.05, 0.1) is 11.4 Å². The van der Waals surface area contributed by atoms with Crippen molar-refractivity contribution in [2.45, 2.75) is 39.7 Å². The van der Waals surface area contributed by atoms with Gasteiger partial charge in [-0.1, -0.05) is 26.0 Å². The summed E-state index contributed by atoms with van der Waals surface area (Å²) in [6, 6.07) is 9.21. The Morgan fingerprint density at radius 3 is 2.35 bits per heavy atom. The number of benzene rings is 1. The second-order valence-electron chi connectivity index (χ2n) is 5.39. The smallest absolute Gasteiger partial charge is 0.0602 e. The third kappa shape index (κ3) is 2.93. The average Bonchev–Trinajstić information content (AvgIpc) is 2.83. The maximum Gasteiger partial charge on any atom is 0.0602 e. The summed E-state index contributed by atoms with van der Waals surface area (Å²) in [6.07, 6.45) is 2.65. The number of nitrogens with one attached hydrogen (secondary N) is 1. The molecular formula is C15H24N2. The number of anilines is 2. The molecule has 0 aromatic heterocycles. The van der Waals surface area contributed by atoms with Gasteiger partial charge in [0.1, 0.15) is 0 Å². The second-order valence-corrected chi connectivity index (χ2v) is 5.39. The topological polar surface area (TPSA) is 15.3 Å². The van der Waals surface area contributed by atoms with Crippen molar-refractivity contribution >= 4 is 11.4 Å². The molecule has 0 radical (unpaired) electrons. The molecule has 1 heterocycles. The predicted molar refractivity (Wildman–Crippen MR) is 75.8 cm³/mol. The van der Waals surface area contributed by atoms with Crippen LogP contribution in [-0.2, 0) is 0 Å². The van der Waals surface area contributed by atoms with Crippen molar-refractivity contribution < 1.29 is 0 Å². The summed E-state index contributed by atoms with van der Waals surface area (Å²) in [4.78, 5) is 2.50. The molecule has 2 rings (SSSR count). The summed E-state index contributed by atoms with van der Waals surface area (Å²) in [5.41, 5.74) is 2.66. The van der Waals surface area contributed by atoms with Crippen LogP contribution in [0.25, 0.3) is 0 Å². The van der Waals surface area contributed by atoms with E-state index in [-0.39, 0.29) is 0 Å². The van der Waals surface area contributed by atoms with Gasteiger partial charge in [-0.2, -0.15) is 0 Å². The first kappa shape index (κ1) is 12.3. The Morgan fingerprint density at radius 1 is 1.06 bits per heavy atom. The van der Waals surface area contributed by atoms with Gasteiger partial charge in [-0.3, -0.25) is 0 Å². The highest BCUT2D eigenvalue weighted by Gasteiger charge is 2.16. The monoisotopic (exact) mass is 232 g/mol. The van der Waals surface area contributed by atoms with Gasteiger partial charge >= 0.3 is 0 Å². The molecule has 2 nitrogen and oxygen atoms in total. The number of nitrogens with zero attached hydrogens (tertiary/aromatic N) is 1. The van der Waals surface area contributed by atoms with Gasteiger partial charge in [0.25, 0.3) is 0 Å². The van der Waals surface area contributed by atoms with Crippen LogP contribution in [0.4, 0.5) is 11.4 Å². The Morgan fingerprint density at radius 2 is 1.71 bits per heavy atom. The van der Waals surface area contributed by atoms with Crippen molar-refractivity contribution in [3.8, 4) is 0 Å². The van der Waals surface area contributed by atoms with E-state index in [2.05, 4.69) is 55.3 Å². The van der Waals surface area contributed by atoms with E-state index < -0.39 is 0 Å². The van der Waals surface area contributed by atoms with Gasteiger partial charge in [0.15, 0.2) is 0 Å². The van der Waals surface area contributed by atoms with Crippen LogP contribution < -0.4 is 10.2 Å².